The van der Waals surface area contributed by atoms with Crippen LogP contribution < -0.4 is 14.9 Å². The molecule has 0 spiro atoms. The quantitative estimate of drug-likeness (QED) is 0.0866. The van der Waals surface area contributed by atoms with Crippen LogP contribution in [0, 0.1) is 5.92 Å². The van der Waals surface area contributed by atoms with Gasteiger partial charge in [-0.1, -0.05) is 66.2 Å². The van der Waals surface area contributed by atoms with Crippen molar-refractivity contribution in [2.24, 2.45) is 5.92 Å². The predicted molar refractivity (Wildman–Crippen MR) is 255 cm³/mol. The summed E-state index contributed by atoms with van der Waals surface area (Å²) in [5.41, 5.74) is -1.84. The average Bonchev–Trinajstić information content (AvgIpc) is 3.31. The topological polar surface area (TPSA) is 128 Å². The first-order chi connectivity index (χ1) is 31.5. The lowest BCUT2D eigenvalue weighted by molar-refractivity contribution is -0.0435. The number of benzene rings is 5. The van der Waals surface area contributed by atoms with Gasteiger partial charge in [-0.25, -0.2) is 21.6 Å². The molecule has 0 bridgehead atoms. The van der Waals surface area contributed by atoms with Gasteiger partial charge in [0.05, 0.1) is 23.8 Å². The van der Waals surface area contributed by atoms with Gasteiger partial charge in [0.25, 0.3) is 25.8 Å². The monoisotopic (exact) mass is 983 g/mol. The van der Waals surface area contributed by atoms with Gasteiger partial charge >= 0.3 is 5.51 Å². The Morgan fingerprint density at radius 1 is 0.848 bits per heavy atom. The van der Waals surface area contributed by atoms with E-state index in [2.05, 4.69) is 52.3 Å². The van der Waals surface area contributed by atoms with Gasteiger partial charge in [-0.2, -0.15) is 13.2 Å². The van der Waals surface area contributed by atoms with E-state index in [1.165, 1.54) is 29.5 Å². The van der Waals surface area contributed by atoms with E-state index < -0.39 is 52.8 Å². The van der Waals surface area contributed by atoms with E-state index in [-0.39, 0.29) is 11.6 Å². The van der Waals surface area contributed by atoms with E-state index in [0.717, 1.165) is 59.8 Å². The number of sulfone groups is 1. The minimum atomic E-state index is -6.06. The number of sulfonamides is 1. The van der Waals surface area contributed by atoms with Gasteiger partial charge in [0.2, 0.25) is 0 Å². The minimum Gasteiger partial charge on any atom is -0.380 e. The Morgan fingerprint density at radius 3 is 2.15 bits per heavy atom. The summed E-state index contributed by atoms with van der Waals surface area (Å²) in [5, 5.41) is 3.67. The third-order valence-corrected chi connectivity index (χ3v) is 16.3. The summed E-state index contributed by atoms with van der Waals surface area (Å²) < 4.78 is 103. The van der Waals surface area contributed by atoms with Crippen molar-refractivity contribution in [1.29, 1.82) is 0 Å². The molecule has 11 nitrogen and oxygen atoms in total. The van der Waals surface area contributed by atoms with E-state index in [0.29, 0.717) is 62.0 Å². The molecule has 7 rings (SSSR count). The molecular formula is C48H53ClF3N5O6S3. The summed E-state index contributed by atoms with van der Waals surface area (Å²) >= 11 is 7.64. The van der Waals surface area contributed by atoms with Crippen LogP contribution in [0.5, 0.6) is 0 Å². The fourth-order valence-corrected chi connectivity index (χ4v) is 11.7. The number of carbonyl (C=O) groups excluding carboxylic acids is 1. The van der Waals surface area contributed by atoms with E-state index in [1.807, 2.05) is 65.4 Å². The first-order valence-electron chi connectivity index (χ1n) is 21.6. The standard InChI is InChI=1S/C48H53ClF3N5O6S3/c1-55(2)46(43-11-7-6-10-42(43)34-12-16-37(49)17-13-34)35-22-26-57(27-23-35)39-18-14-36(15-19-39)47(58)54-66(61,62)41-20-21-44(45(32-41)65(59,60)48(50,51)52)53-38(24-25-56-28-30-63-31-29-56)33-64-40-8-4-3-5-9-40/h3-21,32,35,38,46,53H,22-31,33H2,1-2H3,(H,54,58)/t38-,46-/m0/s1. The Morgan fingerprint density at radius 2 is 1.50 bits per heavy atom. The number of ether oxygens (including phenoxy) is 1. The van der Waals surface area contributed by atoms with Crippen LogP contribution >= 0.6 is 23.4 Å². The summed E-state index contributed by atoms with van der Waals surface area (Å²) in [6, 6.07) is 34.1. The third kappa shape index (κ3) is 12.1. The smallest absolute Gasteiger partial charge is 0.380 e. The van der Waals surface area contributed by atoms with Crippen molar-refractivity contribution in [2.45, 2.75) is 51.5 Å². The molecule has 0 aromatic heterocycles. The highest BCUT2D eigenvalue weighted by Crippen LogP contribution is 2.41. The lowest BCUT2D eigenvalue weighted by Gasteiger charge is -2.40. The third-order valence-electron chi connectivity index (χ3n) is 12.0. The second-order valence-electron chi connectivity index (χ2n) is 16.6. The summed E-state index contributed by atoms with van der Waals surface area (Å²) in [4.78, 5) is 18.8. The Kier molecular flexibility index (Phi) is 16.1. The summed E-state index contributed by atoms with van der Waals surface area (Å²) in [6.07, 6.45) is 2.22. The lowest BCUT2D eigenvalue weighted by atomic mass is 9.81. The number of hydrogen-bond acceptors (Lipinski definition) is 11. The molecule has 18 heteroatoms. The second kappa shape index (κ2) is 21.6. The molecule has 5 aromatic carbocycles. The molecule has 2 heterocycles. The van der Waals surface area contributed by atoms with Crippen molar-refractivity contribution in [3.63, 3.8) is 0 Å². The summed E-state index contributed by atoms with van der Waals surface area (Å²) in [5.74, 6) is -0.320. The second-order valence-corrected chi connectivity index (χ2v) is 21.7. The molecule has 2 saturated heterocycles. The van der Waals surface area contributed by atoms with E-state index in [9.17, 15) is 34.8 Å². The highest BCUT2D eigenvalue weighted by atomic mass is 35.5. The van der Waals surface area contributed by atoms with Crippen molar-refractivity contribution >= 4 is 60.5 Å². The number of rotatable bonds is 17. The maximum atomic E-state index is 14.2. The fourth-order valence-electron chi connectivity index (χ4n) is 8.57. The average molecular weight is 985 g/mol. The van der Waals surface area contributed by atoms with Crippen LogP contribution in [0.4, 0.5) is 24.5 Å². The Labute approximate surface area is 394 Å². The number of halogens is 4. The number of hydrogen-bond donors (Lipinski definition) is 2. The summed E-state index contributed by atoms with van der Waals surface area (Å²) in [7, 11) is -6.73. The molecule has 2 fully saturated rings. The molecule has 0 aliphatic carbocycles. The van der Waals surface area contributed by atoms with Crippen LogP contribution in [0.3, 0.4) is 0 Å². The molecule has 0 radical (unpaired) electrons. The van der Waals surface area contributed by atoms with Gasteiger partial charge in [0, 0.05) is 71.7 Å². The number of piperidine rings is 1. The van der Waals surface area contributed by atoms with Crippen molar-refractivity contribution < 1.29 is 39.5 Å². The molecule has 5 aromatic rings. The van der Waals surface area contributed by atoms with Gasteiger partial charge in [-0.3, -0.25) is 9.69 Å². The van der Waals surface area contributed by atoms with E-state index in [1.54, 1.807) is 12.1 Å². The minimum absolute atomic E-state index is 0.0101. The number of nitrogens with one attached hydrogen (secondary N) is 2. The Hall–Kier alpha value is -4.62. The normalized spacial score (nSPS) is 16.5. The lowest BCUT2D eigenvalue weighted by Crippen LogP contribution is -2.39. The van der Waals surface area contributed by atoms with Crippen LogP contribution in [-0.4, -0.2) is 110 Å². The van der Waals surface area contributed by atoms with Gasteiger partial charge in [0.15, 0.2) is 0 Å². The Balaban J connectivity index is 1.04. The van der Waals surface area contributed by atoms with Crippen molar-refractivity contribution in [1.82, 2.24) is 14.5 Å². The number of thioether (sulfide) groups is 1. The van der Waals surface area contributed by atoms with Gasteiger partial charge in [-0.15, -0.1) is 11.8 Å². The number of amides is 1. The van der Waals surface area contributed by atoms with Crippen molar-refractivity contribution in [3.8, 4) is 11.1 Å². The van der Waals surface area contributed by atoms with Crippen LogP contribution in [0.2, 0.25) is 5.02 Å². The van der Waals surface area contributed by atoms with E-state index >= 15 is 0 Å². The molecule has 2 atom stereocenters. The maximum absolute atomic E-state index is 14.2. The first kappa shape index (κ1) is 49.3. The molecule has 2 aliphatic heterocycles. The molecule has 0 unspecified atom stereocenters. The molecule has 2 N–H and O–H groups in total. The van der Waals surface area contributed by atoms with Crippen molar-refractivity contribution in [2.75, 3.05) is 76.0 Å². The summed E-state index contributed by atoms with van der Waals surface area (Å²) in [6.45, 7) is 4.49. The maximum Gasteiger partial charge on any atom is 0.501 e. The first-order valence-corrected chi connectivity index (χ1v) is 26.0. The van der Waals surface area contributed by atoms with Crippen LogP contribution in [0.25, 0.3) is 11.1 Å². The van der Waals surface area contributed by atoms with Crippen LogP contribution in [-0.2, 0) is 24.6 Å². The predicted octanol–water partition coefficient (Wildman–Crippen LogP) is 9.23. The number of carbonyl (C=O) groups is 1. The van der Waals surface area contributed by atoms with Crippen LogP contribution in [0.1, 0.15) is 41.2 Å². The molecule has 1 amide bonds. The fraction of sp³-hybridized carbons (Fsp3) is 0.354. The SMILES string of the molecule is CN(C)[C@H](c1ccccc1-c1ccc(Cl)cc1)C1CCN(c2ccc(C(=O)NS(=O)(=O)c3ccc(N[C@@H](CCN4CCOCC4)CSc4ccccc4)c(S(=O)(=O)C(F)(F)F)c3)cc2)CC1. The largest absolute Gasteiger partial charge is 0.501 e. The van der Waals surface area contributed by atoms with Gasteiger partial charge in [-0.05, 0) is 123 Å². The van der Waals surface area contributed by atoms with Gasteiger partial charge in [0.1, 0.15) is 4.90 Å². The molecule has 0 saturated carbocycles. The zero-order valence-corrected chi connectivity index (χ0v) is 39.8. The number of anilines is 2. The molecule has 66 heavy (non-hydrogen) atoms. The number of nitrogens with zero attached hydrogens (tertiary/aromatic N) is 3. The molecule has 2 aliphatic rings. The zero-order chi connectivity index (χ0) is 47.1. The molecule has 352 valence electrons. The van der Waals surface area contributed by atoms with Gasteiger partial charge < -0.3 is 19.9 Å². The van der Waals surface area contributed by atoms with Crippen molar-refractivity contribution in [3.05, 3.63) is 137 Å². The number of morpholine rings is 1. The molecular weight excluding hydrogens is 931 g/mol. The highest BCUT2D eigenvalue weighted by molar-refractivity contribution is 7.99. The highest BCUT2D eigenvalue weighted by Gasteiger charge is 2.48. The zero-order valence-electron chi connectivity index (χ0n) is 36.6. The Bertz CT molecular complexity index is 2650. The number of alkyl halides is 3. The van der Waals surface area contributed by atoms with Crippen LogP contribution in [0.15, 0.2) is 136 Å². The van der Waals surface area contributed by atoms with E-state index in [4.69, 9.17) is 16.3 Å².